The summed E-state index contributed by atoms with van der Waals surface area (Å²) in [4.78, 5) is 31.2. The number of rotatable bonds is 4. The smallest absolute Gasteiger partial charge is 0.229 e. The molecule has 2 amide bonds. The molecule has 28 heavy (non-hydrogen) atoms. The van der Waals surface area contributed by atoms with E-state index in [9.17, 15) is 9.59 Å². The monoisotopic (exact) mass is 401 g/mol. The maximum atomic E-state index is 12.7. The summed E-state index contributed by atoms with van der Waals surface area (Å²) in [5.41, 5.74) is 3.17. The number of carbonyl (C=O) groups is 2. The zero-order valence-corrected chi connectivity index (χ0v) is 16.2. The highest BCUT2D eigenvalue weighted by molar-refractivity contribution is 6.31. The number of halogens is 1. The molecule has 1 aromatic carbocycles. The van der Waals surface area contributed by atoms with Crippen LogP contribution >= 0.6 is 11.6 Å². The maximum Gasteiger partial charge on any atom is 0.229 e. The normalized spacial score (nSPS) is 18.7. The Morgan fingerprint density at radius 2 is 2.25 bits per heavy atom. The Bertz CT molecular complexity index is 934. The standard InChI is InChI=1S/C20H20ClN3O4/c1-27-18-3-2-14(21)8-17(18)24-10-12(7-19(24)25)20(26)23-15-6-13-11-28-5-4-16(13)22-9-15/h2-3,6,8-9,12H,4-5,7,10-11H2,1H3,(H,23,26). The first-order chi connectivity index (χ1) is 13.5. The number of hydrogen-bond donors (Lipinski definition) is 1. The first-order valence-corrected chi connectivity index (χ1v) is 9.43. The van der Waals surface area contributed by atoms with Crippen LogP contribution in [0.25, 0.3) is 0 Å². The average Bonchev–Trinajstić information content (AvgIpc) is 3.09. The van der Waals surface area contributed by atoms with Gasteiger partial charge in [-0.15, -0.1) is 0 Å². The summed E-state index contributed by atoms with van der Waals surface area (Å²) in [7, 11) is 1.53. The molecule has 1 unspecified atom stereocenters. The van der Waals surface area contributed by atoms with E-state index in [0.29, 0.717) is 35.4 Å². The number of nitrogens with one attached hydrogen (secondary N) is 1. The number of hydrogen-bond acceptors (Lipinski definition) is 5. The summed E-state index contributed by atoms with van der Waals surface area (Å²) >= 11 is 6.07. The number of pyridine rings is 1. The Morgan fingerprint density at radius 1 is 1.39 bits per heavy atom. The van der Waals surface area contributed by atoms with Crippen LogP contribution in [0.2, 0.25) is 5.02 Å². The van der Waals surface area contributed by atoms with Crippen molar-refractivity contribution in [3.8, 4) is 5.75 Å². The number of aromatic nitrogens is 1. The van der Waals surface area contributed by atoms with Gasteiger partial charge >= 0.3 is 0 Å². The Balaban J connectivity index is 1.48. The van der Waals surface area contributed by atoms with Crippen molar-refractivity contribution in [3.05, 3.63) is 46.7 Å². The topological polar surface area (TPSA) is 80.8 Å². The largest absolute Gasteiger partial charge is 0.495 e. The van der Waals surface area contributed by atoms with E-state index in [1.54, 1.807) is 29.3 Å². The van der Waals surface area contributed by atoms with E-state index >= 15 is 0 Å². The Hall–Kier alpha value is -2.64. The predicted octanol–water partition coefficient (Wildman–Crippen LogP) is 2.81. The maximum absolute atomic E-state index is 12.7. The van der Waals surface area contributed by atoms with Crippen molar-refractivity contribution < 1.29 is 19.1 Å². The number of amides is 2. The predicted molar refractivity (Wildman–Crippen MR) is 105 cm³/mol. The number of benzene rings is 1. The highest BCUT2D eigenvalue weighted by Crippen LogP contribution is 2.35. The summed E-state index contributed by atoms with van der Waals surface area (Å²) in [6.45, 7) is 1.43. The SMILES string of the molecule is COc1ccc(Cl)cc1N1CC(C(=O)Nc2cnc3c(c2)COCC3)CC1=O. The molecule has 0 aliphatic carbocycles. The van der Waals surface area contributed by atoms with Gasteiger partial charge in [-0.25, -0.2) is 0 Å². The van der Waals surface area contributed by atoms with Crippen LogP contribution in [-0.2, 0) is 27.4 Å². The first kappa shape index (κ1) is 18.7. The minimum Gasteiger partial charge on any atom is -0.495 e. The third kappa shape index (κ3) is 3.68. The summed E-state index contributed by atoms with van der Waals surface area (Å²) in [6, 6.07) is 6.96. The Kier molecular flexibility index (Phi) is 5.19. The van der Waals surface area contributed by atoms with E-state index < -0.39 is 5.92 Å². The number of carbonyl (C=O) groups excluding carboxylic acids is 2. The lowest BCUT2D eigenvalue weighted by molar-refractivity contribution is -0.122. The lowest BCUT2D eigenvalue weighted by atomic mass is 10.1. The molecule has 2 aliphatic heterocycles. The third-order valence-corrected chi connectivity index (χ3v) is 5.23. The molecular formula is C20H20ClN3O4. The minimum atomic E-state index is -0.469. The van der Waals surface area contributed by atoms with E-state index in [4.69, 9.17) is 21.1 Å². The van der Waals surface area contributed by atoms with Gasteiger partial charge in [0.2, 0.25) is 11.8 Å². The van der Waals surface area contributed by atoms with Gasteiger partial charge in [-0.1, -0.05) is 11.6 Å². The van der Waals surface area contributed by atoms with Crippen molar-refractivity contribution in [3.63, 3.8) is 0 Å². The Labute approximate surface area is 167 Å². The second kappa shape index (κ2) is 7.77. The minimum absolute atomic E-state index is 0.128. The lowest BCUT2D eigenvalue weighted by Crippen LogP contribution is -2.28. The van der Waals surface area contributed by atoms with Gasteiger partial charge in [0.1, 0.15) is 5.75 Å². The van der Waals surface area contributed by atoms with Gasteiger partial charge < -0.3 is 19.7 Å². The highest BCUT2D eigenvalue weighted by atomic mass is 35.5. The molecular weight excluding hydrogens is 382 g/mol. The molecule has 2 aromatic rings. The fourth-order valence-corrected chi connectivity index (χ4v) is 3.71. The van der Waals surface area contributed by atoms with Crippen LogP contribution in [0, 0.1) is 5.92 Å². The van der Waals surface area contributed by atoms with Crippen LogP contribution < -0.4 is 15.0 Å². The highest BCUT2D eigenvalue weighted by Gasteiger charge is 2.36. The number of nitrogens with zero attached hydrogens (tertiary/aromatic N) is 2. The van der Waals surface area contributed by atoms with E-state index in [1.165, 1.54) is 7.11 Å². The summed E-state index contributed by atoms with van der Waals surface area (Å²) < 4.78 is 10.8. The van der Waals surface area contributed by atoms with Crippen LogP contribution in [0.3, 0.4) is 0 Å². The van der Waals surface area contributed by atoms with Crippen molar-refractivity contribution in [1.82, 2.24) is 4.98 Å². The molecule has 0 radical (unpaired) electrons. The molecule has 2 aliphatic rings. The van der Waals surface area contributed by atoms with Crippen molar-refractivity contribution in [1.29, 1.82) is 0 Å². The Morgan fingerprint density at radius 3 is 3.07 bits per heavy atom. The van der Waals surface area contributed by atoms with E-state index in [0.717, 1.165) is 17.7 Å². The lowest BCUT2D eigenvalue weighted by Gasteiger charge is -2.20. The van der Waals surface area contributed by atoms with Crippen molar-refractivity contribution in [2.75, 3.05) is 30.5 Å². The first-order valence-electron chi connectivity index (χ1n) is 9.05. The second-order valence-electron chi connectivity index (χ2n) is 6.84. The number of fused-ring (bicyclic) bond motifs is 1. The zero-order valence-electron chi connectivity index (χ0n) is 15.4. The summed E-state index contributed by atoms with van der Waals surface area (Å²) in [6.07, 6.45) is 2.55. The number of ether oxygens (including phenoxy) is 2. The fraction of sp³-hybridized carbons (Fsp3) is 0.350. The van der Waals surface area contributed by atoms with Crippen LogP contribution in [0.15, 0.2) is 30.5 Å². The zero-order chi connectivity index (χ0) is 19.7. The second-order valence-corrected chi connectivity index (χ2v) is 7.28. The van der Waals surface area contributed by atoms with Gasteiger partial charge in [-0.2, -0.15) is 0 Å². The van der Waals surface area contributed by atoms with Crippen LogP contribution in [0.4, 0.5) is 11.4 Å². The van der Waals surface area contributed by atoms with Gasteiger partial charge in [0.05, 0.1) is 43.8 Å². The van der Waals surface area contributed by atoms with Gasteiger partial charge in [0.15, 0.2) is 0 Å². The molecule has 0 spiro atoms. The molecule has 1 aromatic heterocycles. The molecule has 1 fully saturated rings. The van der Waals surface area contributed by atoms with Crippen LogP contribution in [0.1, 0.15) is 17.7 Å². The van der Waals surface area contributed by atoms with Crippen LogP contribution in [0.5, 0.6) is 5.75 Å². The number of anilines is 2. The van der Waals surface area contributed by atoms with Gasteiger partial charge in [0, 0.05) is 35.7 Å². The molecule has 3 heterocycles. The molecule has 4 rings (SSSR count). The van der Waals surface area contributed by atoms with Crippen LogP contribution in [-0.4, -0.2) is 37.1 Å². The molecule has 1 N–H and O–H groups in total. The fourth-order valence-electron chi connectivity index (χ4n) is 3.54. The van der Waals surface area contributed by atoms with Gasteiger partial charge in [0.25, 0.3) is 0 Å². The van der Waals surface area contributed by atoms with Crippen molar-refractivity contribution in [2.45, 2.75) is 19.4 Å². The summed E-state index contributed by atoms with van der Waals surface area (Å²) in [5, 5.41) is 3.37. The van der Waals surface area contributed by atoms with E-state index in [2.05, 4.69) is 10.3 Å². The third-order valence-electron chi connectivity index (χ3n) is 5.00. The van der Waals surface area contributed by atoms with Crippen molar-refractivity contribution in [2.24, 2.45) is 5.92 Å². The van der Waals surface area contributed by atoms with Crippen molar-refractivity contribution >= 4 is 34.8 Å². The molecule has 146 valence electrons. The number of methoxy groups -OCH3 is 1. The van der Waals surface area contributed by atoms with E-state index in [1.807, 2.05) is 6.07 Å². The molecule has 1 atom stereocenters. The summed E-state index contributed by atoms with van der Waals surface area (Å²) in [5.74, 6) is -0.283. The quantitative estimate of drug-likeness (QED) is 0.852. The molecule has 0 bridgehead atoms. The molecule has 0 saturated carbocycles. The molecule has 8 heteroatoms. The average molecular weight is 402 g/mol. The molecule has 1 saturated heterocycles. The van der Waals surface area contributed by atoms with Gasteiger partial charge in [-0.3, -0.25) is 14.6 Å². The van der Waals surface area contributed by atoms with E-state index in [-0.39, 0.29) is 24.8 Å². The molecule has 7 nitrogen and oxygen atoms in total. The van der Waals surface area contributed by atoms with Gasteiger partial charge in [-0.05, 0) is 24.3 Å².